The molecule has 0 aliphatic carbocycles. The van der Waals surface area contributed by atoms with E-state index in [-0.39, 0.29) is 0 Å². The lowest BCUT2D eigenvalue weighted by molar-refractivity contribution is 0.410. The smallest absolute Gasteiger partial charge is 0.00170 e. The van der Waals surface area contributed by atoms with E-state index in [2.05, 4.69) is 25.9 Å². The average molecular weight is 147 g/mol. The Morgan fingerprint density at radius 1 is 1.33 bits per heavy atom. The molecule has 2 heteroatoms. The van der Waals surface area contributed by atoms with E-state index in [0.717, 1.165) is 0 Å². The van der Waals surface area contributed by atoms with Crippen molar-refractivity contribution in [2.45, 2.75) is 13.3 Å². The molecule has 0 unspecified atom stereocenters. The van der Waals surface area contributed by atoms with Crippen molar-refractivity contribution in [3.05, 3.63) is 0 Å². The molecular weight excluding hydrogens is 130 g/mol. The van der Waals surface area contributed by atoms with Crippen molar-refractivity contribution in [2.75, 3.05) is 32.1 Å². The van der Waals surface area contributed by atoms with Gasteiger partial charge >= 0.3 is 0 Å². The van der Waals surface area contributed by atoms with Gasteiger partial charge < -0.3 is 4.90 Å². The summed E-state index contributed by atoms with van der Waals surface area (Å²) in [4.78, 5) is 2.23. The van der Waals surface area contributed by atoms with Crippen molar-refractivity contribution in [1.29, 1.82) is 0 Å². The van der Waals surface area contributed by atoms with E-state index < -0.39 is 0 Å². The van der Waals surface area contributed by atoms with Crippen LogP contribution in [0.15, 0.2) is 0 Å². The lowest BCUT2D eigenvalue weighted by Gasteiger charge is -2.07. The summed E-state index contributed by atoms with van der Waals surface area (Å²) in [7, 11) is 4.24. The molecule has 0 amide bonds. The molecule has 0 aliphatic rings. The second-order valence-corrected chi connectivity index (χ2v) is 3.75. The van der Waals surface area contributed by atoms with Crippen LogP contribution in [0.4, 0.5) is 0 Å². The Kier molecular flexibility index (Phi) is 6.65. The summed E-state index contributed by atoms with van der Waals surface area (Å²) in [6, 6.07) is 0. The molecule has 0 fully saturated rings. The fourth-order valence-electron chi connectivity index (χ4n) is 0.627. The molecule has 0 saturated carbocycles. The van der Waals surface area contributed by atoms with Crippen molar-refractivity contribution in [3.8, 4) is 0 Å². The highest BCUT2D eigenvalue weighted by Gasteiger charge is 1.88. The van der Waals surface area contributed by atoms with Crippen LogP contribution in [0, 0.1) is 0 Å². The van der Waals surface area contributed by atoms with Crippen LogP contribution in [0.1, 0.15) is 13.3 Å². The third kappa shape index (κ3) is 8.31. The van der Waals surface area contributed by atoms with Gasteiger partial charge in [0.1, 0.15) is 0 Å². The quantitative estimate of drug-likeness (QED) is 0.544. The van der Waals surface area contributed by atoms with Gasteiger partial charge in [-0.1, -0.05) is 6.92 Å². The second-order valence-electron chi connectivity index (χ2n) is 2.35. The van der Waals surface area contributed by atoms with Crippen LogP contribution in [0.2, 0.25) is 0 Å². The number of thioether (sulfide) groups is 1. The van der Waals surface area contributed by atoms with Crippen LogP contribution in [0.5, 0.6) is 0 Å². The summed E-state index contributed by atoms with van der Waals surface area (Å²) < 4.78 is 0. The Balaban J connectivity index is 2.75. The number of rotatable bonds is 5. The molecular formula is C7H17NS. The molecule has 1 nitrogen and oxygen atoms in total. The predicted molar refractivity (Wildman–Crippen MR) is 46.2 cm³/mol. The van der Waals surface area contributed by atoms with Crippen molar-refractivity contribution >= 4 is 11.8 Å². The summed E-state index contributed by atoms with van der Waals surface area (Å²) >= 11 is 2.02. The molecule has 0 rings (SSSR count). The Labute approximate surface area is 62.8 Å². The Morgan fingerprint density at radius 2 is 2.00 bits per heavy atom. The van der Waals surface area contributed by atoms with Gasteiger partial charge in [-0.05, 0) is 38.6 Å². The van der Waals surface area contributed by atoms with Gasteiger partial charge in [0, 0.05) is 0 Å². The fraction of sp³-hybridized carbons (Fsp3) is 1.00. The highest BCUT2D eigenvalue weighted by Crippen LogP contribution is 2.00. The van der Waals surface area contributed by atoms with E-state index in [9.17, 15) is 0 Å². The maximum Gasteiger partial charge on any atom is -0.00170 e. The molecule has 0 aromatic carbocycles. The normalized spacial score (nSPS) is 10.7. The maximum absolute atomic E-state index is 2.23. The molecule has 0 bridgehead atoms. The minimum absolute atomic E-state index is 1.23. The zero-order valence-corrected chi connectivity index (χ0v) is 7.50. The van der Waals surface area contributed by atoms with Crippen molar-refractivity contribution in [2.24, 2.45) is 0 Å². The van der Waals surface area contributed by atoms with Crippen LogP contribution in [0.3, 0.4) is 0 Å². The van der Waals surface area contributed by atoms with E-state index in [0.29, 0.717) is 0 Å². The third-order valence-electron chi connectivity index (χ3n) is 1.10. The summed E-state index contributed by atoms with van der Waals surface area (Å²) in [5.41, 5.74) is 0. The minimum atomic E-state index is 1.23. The van der Waals surface area contributed by atoms with Crippen LogP contribution in [-0.4, -0.2) is 37.0 Å². The van der Waals surface area contributed by atoms with Crippen LogP contribution < -0.4 is 0 Å². The number of nitrogens with zero attached hydrogens (tertiary/aromatic N) is 1. The summed E-state index contributed by atoms with van der Waals surface area (Å²) in [5.74, 6) is 2.57. The van der Waals surface area contributed by atoms with Gasteiger partial charge in [-0.2, -0.15) is 11.8 Å². The summed E-state index contributed by atoms with van der Waals surface area (Å²) in [5, 5.41) is 0. The van der Waals surface area contributed by atoms with E-state index in [1.54, 1.807) is 0 Å². The highest BCUT2D eigenvalue weighted by molar-refractivity contribution is 7.99. The second kappa shape index (κ2) is 6.43. The number of hydrogen-bond donors (Lipinski definition) is 0. The largest absolute Gasteiger partial charge is 0.309 e. The Bertz CT molecular complexity index is 54.9. The van der Waals surface area contributed by atoms with Gasteiger partial charge in [-0.3, -0.25) is 0 Å². The van der Waals surface area contributed by atoms with Crippen LogP contribution in [0.25, 0.3) is 0 Å². The molecule has 0 spiro atoms. The molecule has 0 N–H and O–H groups in total. The Morgan fingerprint density at radius 3 is 2.44 bits per heavy atom. The van der Waals surface area contributed by atoms with Crippen molar-refractivity contribution < 1.29 is 0 Å². The molecule has 0 atom stereocenters. The maximum atomic E-state index is 2.23. The zero-order valence-electron chi connectivity index (χ0n) is 6.68. The van der Waals surface area contributed by atoms with Gasteiger partial charge in [0.25, 0.3) is 0 Å². The molecule has 0 saturated heterocycles. The number of hydrogen-bond acceptors (Lipinski definition) is 2. The van der Waals surface area contributed by atoms with Gasteiger partial charge in [-0.15, -0.1) is 0 Å². The molecule has 9 heavy (non-hydrogen) atoms. The molecule has 0 aromatic rings. The van der Waals surface area contributed by atoms with Crippen molar-refractivity contribution in [3.63, 3.8) is 0 Å². The molecule has 56 valence electrons. The Hall–Kier alpha value is 0.310. The van der Waals surface area contributed by atoms with Gasteiger partial charge in [0.05, 0.1) is 0 Å². The molecule has 0 aliphatic heterocycles. The SMILES string of the molecule is CCSCCCN(C)C. The first-order valence-electron chi connectivity index (χ1n) is 3.50. The summed E-state index contributed by atoms with van der Waals surface area (Å²) in [6.45, 7) is 3.44. The molecule has 0 aromatic heterocycles. The standard InChI is InChI=1S/C7H17NS/c1-4-9-7-5-6-8(2)3/h4-7H2,1-3H3. The summed E-state index contributed by atoms with van der Waals surface area (Å²) in [6.07, 6.45) is 1.32. The predicted octanol–water partition coefficient (Wildman–Crippen LogP) is 1.69. The van der Waals surface area contributed by atoms with Crippen LogP contribution in [-0.2, 0) is 0 Å². The minimum Gasteiger partial charge on any atom is -0.309 e. The van der Waals surface area contributed by atoms with Gasteiger partial charge in [-0.25, -0.2) is 0 Å². The van der Waals surface area contributed by atoms with Crippen LogP contribution >= 0.6 is 11.8 Å². The van der Waals surface area contributed by atoms with E-state index >= 15 is 0 Å². The lowest BCUT2D eigenvalue weighted by Crippen LogP contribution is -2.13. The van der Waals surface area contributed by atoms with Crippen molar-refractivity contribution in [1.82, 2.24) is 4.90 Å². The first-order chi connectivity index (χ1) is 4.27. The van der Waals surface area contributed by atoms with E-state index in [4.69, 9.17) is 0 Å². The first kappa shape index (κ1) is 9.31. The highest BCUT2D eigenvalue weighted by atomic mass is 32.2. The van der Waals surface area contributed by atoms with Gasteiger partial charge in [0.15, 0.2) is 0 Å². The van der Waals surface area contributed by atoms with E-state index in [1.165, 1.54) is 24.5 Å². The fourth-order valence-corrected chi connectivity index (χ4v) is 1.25. The lowest BCUT2D eigenvalue weighted by atomic mass is 10.5. The molecule has 0 radical (unpaired) electrons. The topological polar surface area (TPSA) is 3.24 Å². The monoisotopic (exact) mass is 147 g/mol. The third-order valence-corrected chi connectivity index (χ3v) is 2.08. The van der Waals surface area contributed by atoms with Gasteiger partial charge in [0.2, 0.25) is 0 Å². The van der Waals surface area contributed by atoms with E-state index in [1.807, 2.05) is 11.8 Å². The first-order valence-corrected chi connectivity index (χ1v) is 4.65. The molecule has 0 heterocycles. The zero-order chi connectivity index (χ0) is 7.11. The average Bonchev–Trinajstić information content (AvgIpc) is 1.80.